The summed E-state index contributed by atoms with van der Waals surface area (Å²) in [5.74, 6) is 0. The van der Waals surface area contributed by atoms with E-state index in [1.54, 1.807) is 0 Å². The Labute approximate surface area is 417 Å². The fourth-order valence-corrected chi connectivity index (χ4v) is 13.4. The van der Waals surface area contributed by atoms with Crippen LogP contribution in [0.4, 0.5) is 34.1 Å². The van der Waals surface area contributed by atoms with E-state index < -0.39 is 0 Å². The van der Waals surface area contributed by atoms with Crippen molar-refractivity contribution in [2.45, 2.75) is 97.8 Å². The van der Waals surface area contributed by atoms with Crippen LogP contribution in [0.25, 0.3) is 54.3 Å². The Kier molecular flexibility index (Phi) is 9.03. The van der Waals surface area contributed by atoms with Crippen molar-refractivity contribution in [3.05, 3.63) is 186 Å². The number of thiophene rings is 1. The first-order valence-electron chi connectivity index (χ1n) is 25.1. The number of hydrogen-bond donors (Lipinski definition) is 0. The number of rotatable bonds is 3. The second kappa shape index (κ2) is 14.6. The van der Waals surface area contributed by atoms with Gasteiger partial charge in [-0.2, -0.15) is 0 Å². The first-order chi connectivity index (χ1) is 33.4. The zero-order chi connectivity index (χ0) is 48.4. The second-order valence-electron chi connectivity index (χ2n) is 23.8. The molecule has 10 aromatic rings. The highest BCUT2D eigenvalue weighted by atomic mass is 32.1. The number of fused-ring (bicyclic) bond motifs is 12. The van der Waals surface area contributed by atoms with Crippen molar-refractivity contribution in [1.82, 2.24) is 0 Å². The van der Waals surface area contributed by atoms with Crippen LogP contribution in [0.5, 0.6) is 0 Å². The molecule has 0 atom stereocenters. The summed E-state index contributed by atoms with van der Waals surface area (Å²) in [6.07, 6.45) is 0. The lowest BCUT2D eigenvalue weighted by Gasteiger charge is -2.44. The molecule has 3 nitrogen and oxygen atoms in total. The van der Waals surface area contributed by atoms with Gasteiger partial charge >= 0.3 is 0 Å². The molecule has 0 radical (unpaired) electrons. The molecule has 0 N–H and O–H groups in total. The number of furan rings is 1. The van der Waals surface area contributed by atoms with Crippen LogP contribution in [0.1, 0.15) is 104 Å². The largest absolute Gasteiger partial charge is 0.456 e. The molecule has 0 bridgehead atoms. The number of hydrogen-bond acceptors (Lipinski definition) is 4. The topological polar surface area (TPSA) is 19.6 Å². The number of anilines is 6. The predicted molar refractivity (Wildman–Crippen MR) is 302 cm³/mol. The van der Waals surface area contributed by atoms with Crippen LogP contribution in [-0.2, 0) is 21.7 Å². The molecule has 13 rings (SSSR count). The van der Waals surface area contributed by atoms with Crippen LogP contribution < -0.4 is 25.5 Å². The molecular weight excluding hydrogens is 868 g/mol. The summed E-state index contributed by atoms with van der Waals surface area (Å²) in [4.78, 5) is 5.22. The normalized spacial score (nSPS) is 14.8. The lowest BCUT2D eigenvalue weighted by Crippen LogP contribution is -2.60. The molecule has 1 aliphatic carbocycles. The molecule has 2 aliphatic heterocycles. The van der Waals surface area contributed by atoms with Gasteiger partial charge in [0.2, 0.25) is 0 Å². The average molecular weight is 927 g/mol. The Morgan fingerprint density at radius 3 is 1.76 bits per heavy atom. The first-order valence-corrected chi connectivity index (χ1v) is 25.9. The average Bonchev–Trinajstić information content (AvgIpc) is 3.97. The van der Waals surface area contributed by atoms with Crippen molar-refractivity contribution in [2.24, 2.45) is 0 Å². The zero-order valence-corrected chi connectivity index (χ0v) is 43.1. The van der Waals surface area contributed by atoms with Crippen molar-refractivity contribution in [2.75, 3.05) is 9.80 Å². The third kappa shape index (κ3) is 6.26. The van der Waals surface area contributed by atoms with Gasteiger partial charge in [-0.25, -0.2) is 0 Å². The highest BCUT2D eigenvalue weighted by Gasteiger charge is 2.47. The fraction of sp³-hybridized carbons (Fsp3) is 0.231. The summed E-state index contributed by atoms with van der Waals surface area (Å²) in [7, 11) is 0. The molecule has 70 heavy (non-hydrogen) atoms. The van der Waals surface area contributed by atoms with Crippen LogP contribution in [0.15, 0.2) is 162 Å². The minimum atomic E-state index is -0.113. The second-order valence-corrected chi connectivity index (χ2v) is 24.9. The maximum Gasteiger partial charge on any atom is 0.264 e. The molecule has 0 saturated heterocycles. The van der Waals surface area contributed by atoms with Gasteiger partial charge in [-0.15, -0.1) is 11.3 Å². The Bertz CT molecular complexity index is 3810. The number of nitrogens with zero attached hydrogens (tertiary/aromatic N) is 2. The first kappa shape index (κ1) is 43.2. The van der Waals surface area contributed by atoms with E-state index in [0.29, 0.717) is 0 Å². The minimum absolute atomic E-state index is 0.00908. The fourth-order valence-electron chi connectivity index (χ4n) is 12.1. The molecule has 0 amide bonds. The van der Waals surface area contributed by atoms with Gasteiger partial charge in [0.05, 0.1) is 5.69 Å². The SMILES string of the molecule is CC(C)(C)c1ccc(N2c3ccc(C(C)(C)C)cc3B3c4sc5cc6c(cc5c4N(c4ccc(C(C)(C)C)cc4)c4cc(-c5cccc7oc8ccccc8c57)cc2c43)-c2ccccc2C6(C)C)cc1. The molecule has 0 saturated carbocycles. The molecule has 2 aromatic heterocycles. The van der Waals surface area contributed by atoms with Gasteiger partial charge in [0.25, 0.3) is 6.71 Å². The Morgan fingerprint density at radius 2 is 1.07 bits per heavy atom. The third-order valence-electron chi connectivity index (χ3n) is 15.9. The van der Waals surface area contributed by atoms with Crippen LogP contribution in [0.3, 0.4) is 0 Å². The monoisotopic (exact) mass is 926 g/mol. The van der Waals surface area contributed by atoms with Crippen LogP contribution in [-0.4, -0.2) is 6.71 Å². The van der Waals surface area contributed by atoms with E-state index in [-0.39, 0.29) is 28.4 Å². The number of para-hydroxylation sites is 1. The summed E-state index contributed by atoms with van der Waals surface area (Å²) in [6, 6.07) is 60.4. The predicted octanol–water partition coefficient (Wildman–Crippen LogP) is 16.7. The van der Waals surface area contributed by atoms with E-state index in [2.05, 4.69) is 244 Å². The van der Waals surface area contributed by atoms with Crippen molar-refractivity contribution in [3.8, 4) is 22.3 Å². The third-order valence-corrected chi connectivity index (χ3v) is 17.1. The lowest BCUT2D eigenvalue weighted by atomic mass is 9.36. The summed E-state index contributed by atoms with van der Waals surface area (Å²) in [5, 5.41) is 3.58. The molecule has 8 aromatic carbocycles. The van der Waals surface area contributed by atoms with Crippen molar-refractivity contribution in [3.63, 3.8) is 0 Å². The summed E-state index contributed by atoms with van der Waals surface area (Å²) in [5.41, 5.74) is 23.4. The zero-order valence-electron chi connectivity index (χ0n) is 42.3. The molecular formula is C65H59BN2OS. The standard InChI is InChI=1S/C65H59BN2OS/c1-62(2,3)39-23-28-42(29-24-39)67-52-32-27-41(64(7,8)9)35-51(52)66-59-53(67)33-38(44-19-16-22-56-58(44)46-18-13-15-21-55(46)69-56)34-54(59)68(43-30-25-40(26-31-43)63(4,5)6)60-48-36-47-45-17-12-14-20-49(45)65(10,11)50(47)37-57(48)70-61(60)66/h12-37H,1-11H3. The van der Waals surface area contributed by atoms with Crippen molar-refractivity contribution >= 4 is 99.9 Å². The molecule has 5 heteroatoms. The molecule has 4 heterocycles. The van der Waals surface area contributed by atoms with E-state index in [1.165, 1.54) is 87.5 Å². The molecule has 0 fully saturated rings. The smallest absolute Gasteiger partial charge is 0.264 e. The summed E-state index contributed by atoms with van der Waals surface area (Å²) < 4.78 is 9.32. The Morgan fingerprint density at radius 1 is 0.486 bits per heavy atom. The van der Waals surface area contributed by atoms with E-state index in [1.807, 2.05) is 11.3 Å². The van der Waals surface area contributed by atoms with Crippen molar-refractivity contribution in [1.29, 1.82) is 0 Å². The van der Waals surface area contributed by atoms with Crippen LogP contribution in [0, 0.1) is 0 Å². The van der Waals surface area contributed by atoms with Gasteiger partial charge in [0, 0.05) is 59.5 Å². The molecule has 0 unspecified atom stereocenters. The van der Waals surface area contributed by atoms with Crippen molar-refractivity contribution < 1.29 is 4.42 Å². The van der Waals surface area contributed by atoms with Crippen LogP contribution in [0.2, 0.25) is 0 Å². The maximum atomic E-state index is 6.60. The molecule has 344 valence electrons. The highest BCUT2D eigenvalue weighted by Crippen LogP contribution is 2.55. The van der Waals surface area contributed by atoms with Gasteiger partial charge in [0.1, 0.15) is 11.2 Å². The van der Waals surface area contributed by atoms with E-state index in [4.69, 9.17) is 4.42 Å². The van der Waals surface area contributed by atoms with Gasteiger partial charge in [-0.1, -0.05) is 167 Å². The highest BCUT2D eigenvalue weighted by molar-refractivity contribution is 7.33. The maximum absolute atomic E-state index is 6.60. The molecule has 0 spiro atoms. The lowest BCUT2D eigenvalue weighted by molar-refractivity contribution is 0.590. The van der Waals surface area contributed by atoms with E-state index in [9.17, 15) is 0 Å². The van der Waals surface area contributed by atoms with Gasteiger partial charge in [-0.05, 0) is 144 Å². The van der Waals surface area contributed by atoms with E-state index in [0.717, 1.165) is 44.4 Å². The quantitative estimate of drug-likeness (QED) is 0.165. The van der Waals surface area contributed by atoms with E-state index >= 15 is 0 Å². The van der Waals surface area contributed by atoms with Gasteiger partial charge in [-0.3, -0.25) is 0 Å². The van der Waals surface area contributed by atoms with Crippen LogP contribution >= 0.6 is 11.3 Å². The summed E-state index contributed by atoms with van der Waals surface area (Å²) >= 11 is 2.00. The Hall–Kier alpha value is -6.82. The minimum Gasteiger partial charge on any atom is -0.456 e. The number of benzene rings is 8. The summed E-state index contributed by atoms with van der Waals surface area (Å²) in [6.45, 7) is 25.7. The van der Waals surface area contributed by atoms with Gasteiger partial charge < -0.3 is 14.2 Å². The van der Waals surface area contributed by atoms with Gasteiger partial charge in [0.15, 0.2) is 0 Å². The Balaban J connectivity index is 1.18. The molecule has 3 aliphatic rings.